The molecular formula is C18H20N2O2. The van der Waals surface area contributed by atoms with Gasteiger partial charge in [-0.1, -0.05) is 31.2 Å². The quantitative estimate of drug-likeness (QED) is 0.802. The van der Waals surface area contributed by atoms with Crippen molar-refractivity contribution in [2.45, 2.75) is 20.3 Å². The summed E-state index contributed by atoms with van der Waals surface area (Å²) in [4.78, 5) is 23.3. The van der Waals surface area contributed by atoms with Crippen LogP contribution in [0.15, 0.2) is 48.5 Å². The summed E-state index contributed by atoms with van der Waals surface area (Å²) < 4.78 is 0. The number of ketones is 1. The van der Waals surface area contributed by atoms with Crippen molar-refractivity contribution in [2.75, 3.05) is 17.2 Å². The summed E-state index contributed by atoms with van der Waals surface area (Å²) in [5.74, 6) is -0.175. The van der Waals surface area contributed by atoms with Gasteiger partial charge in [-0.25, -0.2) is 0 Å². The summed E-state index contributed by atoms with van der Waals surface area (Å²) in [7, 11) is 0. The van der Waals surface area contributed by atoms with Crippen LogP contribution in [0.1, 0.15) is 29.8 Å². The molecule has 2 aromatic rings. The SMILES string of the molecule is CCc1ccc(NCC(=O)Nc2cccc(C(C)=O)c2)cc1. The van der Waals surface area contributed by atoms with Crippen molar-refractivity contribution in [3.63, 3.8) is 0 Å². The lowest BCUT2D eigenvalue weighted by Gasteiger charge is -2.09. The van der Waals surface area contributed by atoms with E-state index in [-0.39, 0.29) is 18.2 Å². The van der Waals surface area contributed by atoms with Gasteiger partial charge in [0.2, 0.25) is 5.91 Å². The smallest absolute Gasteiger partial charge is 0.243 e. The molecule has 2 aromatic carbocycles. The Hall–Kier alpha value is -2.62. The fraction of sp³-hybridized carbons (Fsp3) is 0.222. The standard InChI is InChI=1S/C18H20N2O2/c1-3-14-7-9-16(10-8-14)19-12-18(22)20-17-6-4-5-15(11-17)13(2)21/h4-11,19H,3,12H2,1-2H3,(H,20,22). The summed E-state index contributed by atoms with van der Waals surface area (Å²) in [6.07, 6.45) is 0.993. The highest BCUT2D eigenvalue weighted by Gasteiger charge is 2.05. The van der Waals surface area contributed by atoms with Gasteiger partial charge in [-0.2, -0.15) is 0 Å². The molecule has 0 unspecified atom stereocenters. The second kappa shape index (κ2) is 7.41. The molecule has 22 heavy (non-hydrogen) atoms. The number of hydrogen-bond acceptors (Lipinski definition) is 3. The number of carbonyl (C=O) groups excluding carboxylic acids is 2. The first-order valence-corrected chi connectivity index (χ1v) is 7.32. The number of amides is 1. The molecule has 0 aliphatic carbocycles. The first-order chi connectivity index (χ1) is 10.6. The first-order valence-electron chi connectivity index (χ1n) is 7.32. The van der Waals surface area contributed by atoms with Gasteiger partial charge in [-0.05, 0) is 43.2 Å². The van der Waals surface area contributed by atoms with Crippen LogP contribution in [0.3, 0.4) is 0 Å². The van der Waals surface area contributed by atoms with E-state index < -0.39 is 0 Å². The van der Waals surface area contributed by atoms with Crippen LogP contribution in [0.4, 0.5) is 11.4 Å². The van der Waals surface area contributed by atoms with Crippen molar-refractivity contribution in [2.24, 2.45) is 0 Å². The van der Waals surface area contributed by atoms with Gasteiger partial charge in [0.1, 0.15) is 0 Å². The molecule has 0 aliphatic rings. The topological polar surface area (TPSA) is 58.2 Å². The zero-order valence-electron chi connectivity index (χ0n) is 12.8. The Kier molecular flexibility index (Phi) is 5.31. The van der Waals surface area contributed by atoms with E-state index in [0.29, 0.717) is 11.3 Å². The Bertz CT molecular complexity index is 663. The highest BCUT2D eigenvalue weighted by Crippen LogP contribution is 2.12. The average molecular weight is 296 g/mol. The Morgan fingerprint density at radius 3 is 2.36 bits per heavy atom. The largest absolute Gasteiger partial charge is 0.376 e. The zero-order chi connectivity index (χ0) is 15.9. The van der Waals surface area contributed by atoms with E-state index in [0.717, 1.165) is 12.1 Å². The third-order valence-corrected chi connectivity index (χ3v) is 3.37. The van der Waals surface area contributed by atoms with Gasteiger partial charge in [0, 0.05) is 16.9 Å². The summed E-state index contributed by atoms with van der Waals surface area (Å²) in [5.41, 5.74) is 3.38. The van der Waals surface area contributed by atoms with Gasteiger partial charge >= 0.3 is 0 Å². The van der Waals surface area contributed by atoms with Crippen LogP contribution in [0.25, 0.3) is 0 Å². The normalized spacial score (nSPS) is 10.1. The second-order valence-electron chi connectivity index (χ2n) is 5.09. The van der Waals surface area contributed by atoms with Gasteiger partial charge in [0.15, 0.2) is 5.78 Å². The number of rotatable bonds is 6. The molecule has 0 atom stereocenters. The molecule has 114 valence electrons. The number of Topliss-reactive ketones (excluding diaryl/α,β-unsaturated/α-hetero) is 1. The lowest BCUT2D eigenvalue weighted by Crippen LogP contribution is -2.21. The van der Waals surface area contributed by atoms with Crippen molar-refractivity contribution in [3.8, 4) is 0 Å². The molecule has 0 aromatic heterocycles. The molecule has 4 heteroatoms. The molecular weight excluding hydrogens is 276 g/mol. The van der Waals surface area contributed by atoms with Crippen molar-refractivity contribution < 1.29 is 9.59 Å². The minimum absolute atomic E-state index is 0.0229. The minimum Gasteiger partial charge on any atom is -0.376 e. The van der Waals surface area contributed by atoms with Crippen LogP contribution in [0, 0.1) is 0 Å². The number of nitrogens with one attached hydrogen (secondary N) is 2. The van der Waals surface area contributed by atoms with Crippen molar-refractivity contribution >= 4 is 23.1 Å². The van der Waals surface area contributed by atoms with Gasteiger partial charge in [0.25, 0.3) is 0 Å². The number of hydrogen-bond donors (Lipinski definition) is 2. The number of anilines is 2. The first kappa shape index (κ1) is 15.8. The van der Waals surface area contributed by atoms with Gasteiger partial charge in [-0.15, -0.1) is 0 Å². The molecule has 2 rings (SSSR count). The van der Waals surface area contributed by atoms with E-state index in [2.05, 4.69) is 17.6 Å². The Labute approximate surface area is 130 Å². The maximum Gasteiger partial charge on any atom is 0.243 e. The molecule has 0 bridgehead atoms. The summed E-state index contributed by atoms with van der Waals surface area (Å²) in [6, 6.07) is 14.9. The minimum atomic E-state index is -0.153. The van der Waals surface area contributed by atoms with Gasteiger partial charge in [0.05, 0.1) is 6.54 Å². The third kappa shape index (κ3) is 4.45. The Morgan fingerprint density at radius 1 is 1.00 bits per heavy atom. The van der Waals surface area contributed by atoms with Crippen LogP contribution in [0.5, 0.6) is 0 Å². The van der Waals surface area contributed by atoms with Crippen LogP contribution >= 0.6 is 0 Å². The van der Waals surface area contributed by atoms with E-state index in [1.807, 2.05) is 24.3 Å². The van der Waals surface area contributed by atoms with Crippen molar-refractivity contribution in [3.05, 3.63) is 59.7 Å². The maximum atomic E-state index is 11.9. The van der Waals surface area contributed by atoms with Gasteiger partial charge < -0.3 is 10.6 Å². The van der Waals surface area contributed by atoms with E-state index >= 15 is 0 Å². The molecule has 1 amide bonds. The molecule has 0 spiro atoms. The predicted octanol–water partition coefficient (Wildman–Crippen LogP) is 3.50. The Balaban J connectivity index is 1.89. The number of aryl methyl sites for hydroxylation is 1. The molecule has 0 heterocycles. The summed E-state index contributed by atoms with van der Waals surface area (Å²) in [5, 5.41) is 5.85. The number of carbonyl (C=O) groups is 2. The monoisotopic (exact) mass is 296 g/mol. The van der Waals surface area contributed by atoms with E-state index in [4.69, 9.17) is 0 Å². The van der Waals surface area contributed by atoms with E-state index in [1.54, 1.807) is 24.3 Å². The fourth-order valence-electron chi connectivity index (χ4n) is 2.06. The Morgan fingerprint density at radius 2 is 1.73 bits per heavy atom. The van der Waals surface area contributed by atoms with Crippen molar-refractivity contribution in [1.29, 1.82) is 0 Å². The highest BCUT2D eigenvalue weighted by atomic mass is 16.2. The molecule has 0 saturated heterocycles. The van der Waals surface area contributed by atoms with Crippen LogP contribution in [0.2, 0.25) is 0 Å². The fourth-order valence-corrected chi connectivity index (χ4v) is 2.06. The molecule has 0 aliphatic heterocycles. The average Bonchev–Trinajstić information content (AvgIpc) is 2.53. The summed E-state index contributed by atoms with van der Waals surface area (Å²) >= 11 is 0. The molecule has 0 radical (unpaired) electrons. The molecule has 2 N–H and O–H groups in total. The molecule has 0 saturated carbocycles. The summed E-state index contributed by atoms with van der Waals surface area (Å²) in [6.45, 7) is 3.78. The van der Waals surface area contributed by atoms with Gasteiger partial charge in [-0.3, -0.25) is 9.59 Å². The van der Waals surface area contributed by atoms with Crippen LogP contribution < -0.4 is 10.6 Å². The second-order valence-corrected chi connectivity index (χ2v) is 5.09. The number of benzene rings is 2. The molecule has 0 fully saturated rings. The molecule has 4 nitrogen and oxygen atoms in total. The van der Waals surface area contributed by atoms with E-state index in [1.165, 1.54) is 12.5 Å². The van der Waals surface area contributed by atoms with Crippen molar-refractivity contribution in [1.82, 2.24) is 0 Å². The lowest BCUT2D eigenvalue weighted by molar-refractivity contribution is -0.114. The zero-order valence-corrected chi connectivity index (χ0v) is 12.8. The van der Waals surface area contributed by atoms with Crippen LogP contribution in [-0.2, 0) is 11.2 Å². The van der Waals surface area contributed by atoms with Crippen LogP contribution in [-0.4, -0.2) is 18.2 Å². The lowest BCUT2D eigenvalue weighted by atomic mass is 10.1. The third-order valence-electron chi connectivity index (χ3n) is 3.37. The predicted molar refractivity (Wildman–Crippen MR) is 89.4 cm³/mol. The highest BCUT2D eigenvalue weighted by molar-refractivity contribution is 5.98. The maximum absolute atomic E-state index is 11.9. The van der Waals surface area contributed by atoms with E-state index in [9.17, 15) is 9.59 Å².